The predicted molar refractivity (Wildman–Crippen MR) is 83.9 cm³/mol. The number of halogens is 1. The number of benzene rings is 2. The maximum Gasteiger partial charge on any atom is 0.163 e. The summed E-state index contributed by atoms with van der Waals surface area (Å²) in [6.07, 6.45) is 0. The first kappa shape index (κ1) is 16.1. The van der Waals surface area contributed by atoms with Gasteiger partial charge in [-0.05, 0) is 18.1 Å². The molecule has 2 aromatic carbocycles. The van der Waals surface area contributed by atoms with Crippen LogP contribution in [0.1, 0.15) is 24.1 Å². The molecule has 0 aromatic heterocycles. The topological polar surface area (TPSA) is 50.7 Å². The number of methoxy groups -OCH3 is 2. The van der Waals surface area contributed by atoms with Crippen LogP contribution in [-0.4, -0.2) is 19.3 Å². The van der Waals surface area contributed by atoms with Gasteiger partial charge in [-0.2, -0.15) is 0 Å². The van der Waals surface area contributed by atoms with Crippen LogP contribution in [0.3, 0.4) is 0 Å². The van der Waals surface area contributed by atoms with Crippen LogP contribution in [0.15, 0.2) is 36.4 Å². The van der Waals surface area contributed by atoms with E-state index in [-0.39, 0.29) is 12.6 Å². The quantitative estimate of drug-likeness (QED) is 0.857. The Morgan fingerprint density at radius 1 is 1.14 bits per heavy atom. The lowest BCUT2D eigenvalue weighted by atomic mass is 10.0. The van der Waals surface area contributed by atoms with E-state index in [1.165, 1.54) is 20.3 Å². The maximum absolute atomic E-state index is 14.1. The second-order valence-electron chi connectivity index (χ2n) is 4.96. The van der Waals surface area contributed by atoms with Gasteiger partial charge in [-0.3, -0.25) is 0 Å². The van der Waals surface area contributed by atoms with Gasteiger partial charge in [0.1, 0.15) is 5.82 Å². The molecule has 22 heavy (non-hydrogen) atoms. The molecule has 0 fully saturated rings. The van der Waals surface area contributed by atoms with Crippen LogP contribution in [0.4, 0.5) is 10.1 Å². The predicted octanol–water partition coefficient (Wildman–Crippen LogP) is 3.51. The first-order chi connectivity index (χ1) is 10.6. The zero-order chi connectivity index (χ0) is 16.1. The fraction of sp³-hybridized carbons (Fsp3) is 0.294. The normalized spacial score (nSPS) is 11.9. The second-order valence-corrected chi connectivity index (χ2v) is 4.96. The number of hydrogen-bond acceptors (Lipinski definition) is 4. The maximum atomic E-state index is 14.1. The number of nitrogens with one attached hydrogen (secondary N) is 1. The molecule has 0 saturated carbocycles. The summed E-state index contributed by atoms with van der Waals surface area (Å²) in [4.78, 5) is 0. The molecule has 0 amide bonds. The van der Waals surface area contributed by atoms with Crippen LogP contribution in [-0.2, 0) is 6.61 Å². The lowest BCUT2D eigenvalue weighted by Crippen LogP contribution is -2.09. The van der Waals surface area contributed by atoms with E-state index in [0.717, 1.165) is 11.1 Å². The summed E-state index contributed by atoms with van der Waals surface area (Å²) in [5.74, 6) is 0.394. The van der Waals surface area contributed by atoms with E-state index in [9.17, 15) is 9.50 Å². The van der Waals surface area contributed by atoms with Crippen LogP contribution < -0.4 is 14.8 Å². The molecule has 0 bridgehead atoms. The van der Waals surface area contributed by atoms with Crippen molar-refractivity contribution in [3.63, 3.8) is 0 Å². The third-order valence-corrected chi connectivity index (χ3v) is 3.48. The van der Waals surface area contributed by atoms with Crippen LogP contribution in [0, 0.1) is 5.82 Å². The first-order valence-electron chi connectivity index (χ1n) is 6.96. The molecule has 2 rings (SSSR count). The molecule has 2 N–H and O–H groups in total. The van der Waals surface area contributed by atoms with Crippen molar-refractivity contribution in [3.05, 3.63) is 53.3 Å². The zero-order valence-corrected chi connectivity index (χ0v) is 12.9. The lowest BCUT2D eigenvalue weighted by molar-refractivity contribution is 0.281. The highest BCUT2D eigenvalue weighted by molar-refractivity contribution is 5.57. The van der Waals surface area contributed by atoms with E-state index in [1.54, 1.807) is 6.07 Å². The molecule has 4 nitrogen and oxygen atoms in total. The molecule has 5 heteroatoms. The van der Waals surface area contributed by atoms with Crippen molar-refractivity contribution in [1.29, 1.82) is 0 Å². The van der Waals surface area contributed by atoms with Gasteiger partial charge >= 0.3 is 0 Å². The fourth-order valence-electron chi connectivity index (χ4n) is 2.24. The molecule has 1 atom stereocenters. The van der Waals surface area contributed by atoms with E-state index in [0.29, 0.717) is 17.2 Å². The second kappa shape index (κ2) is 7.13. The Morgan fingerprint density at radius 2 is 1.82 bits per heavy atom. The van der Waals surface area contributed by atoms with Gasteiger partial charge < -0.3 is 19.9 Å². The Labute approximate surface area is 129 Å². The molecule has 1 unspecified atom stereocenters. The van der Waals surface area contributed by atoms with Crippen LogP contribution in [0.5, 0.6) is 11.5 Å². The van der Waals surface area contributed by atoms with Crippen molar-refractivity contribution >= 4 is 5.69 Å². The van der Waals surface area contributed by atoms with Gasteiger partial charge in [0, 0.05) is 18.2 Å². The van der Waals surface area contributed by atoms with Gasteiger partial charge in [0.25, 0.3) is 0 Å². The first-order valence-corrected chi connectivity index (χ1v) is 6.96. The zero-order valence-electron chi connectivity index (χ0n) is 12.9. The van der Waals surface area contributed by atoms with E-state index in [1.807, 2.05) is 31.2 Å². The van der Waals surface area contributed by atoms with Gasteiger partial charge in [-0.15, -0.1) is 0 Å². The Balaban J connectivity index is 2.25. The van der Waals surface area contributed by atoms with Crippen LogP contribution >= 0.6 is 0 Å². The van der Waals surface area contributed by atoms with E-state index in [4.69, 9.17) is 9.47 Å². The molecular weight excluding hydrogens is 285 g/mol. The Hall–Kier alpha value is -2.27. The molecule has 118 valence electrons. The third kappa shape index (κ3) is 3.49. The van der Waals surface area contributed by atoms with Crippen molar-refractivity contribution in [3.8, 4) is 11.5 Å². The number of aliphatic hydroxyl groups excluding tert-OH is 1. The van der Waals surface area contributed by atoms with Crippen molar-refractivity contribution in [2.45, 2.75) is 19.6 Å². The molecule has 0 aliphatic heterocycles. The van der Waals surface area contributed by atoms with E-state index in [2.05, 4.69) is 5.32 Å². The smallest absolute Gasteiger partial charge is 0.163 e. The Bertz CT molecular complexity index is 646. The Morgan fingerprint density at radius 3 is 2.45 bits per heavy atom. The Kier molecular flexibility index (Phi) is 5.22. The number of ether oxygens (including phenoxy) is 2. The van der Waals surface area contributed by atoms with Gasteiger partial charge in [0.15, 0.2) is 11.5 Å². The summed E-state index contributed by atoms with van der Waals surface area (Å²) in [7, 11) is 2.97. The highest BCUT2D eigenvalue weighted by Gasteiger charge is 2.14. The monoisotopic (exact) mass is 305 g/mol. The molecule has 0 heterocycles. The third-order valence-electron chi connectivity index (χ3n) is 3.48. The summed E-state index contributed by atoms with van der Waals surface area (Å²) in [6, 6.07) is 10.3. The minimum absolute atomic E-state index is 0.0225. The average molecular weight is 305 g/mol. The summed E-state index contributed by atoms with van der Waals surface area (Å²) < 4.78 is 24.4. The van der Waals surface area contributed by atoms with Crippen LogP contribution in [0.25, 0.3) is 0 Å². The fourth-order valence-corrected chi connectivity index (χ4v) is 2.24. The number of hydrogen-bond donors (Lipinski definition) is 2. The van der Waals surface area contributed by atoms with Gasteiger partial charge in [-0.25, -0.2) is 4.39 Å². The average Bonchev–Trinajstić information content (AvgIpc) is 2.56. The van der Waals surface area contributed by atoms with Crippen molar-refractivity contribution in [2.75, 3.05) is 19.5 Å². The largest absolute Gasteiger partial charge is 0.493 e. The van der Waals surface area contributed by atoms with Crippen molar-refractivity contribution < 1.29 is 19.0 Å². The molecule has 0 saturated heterocycles. The standard InChI is InChI=1S/C17H20FNO3/c1-11(13-6-4-5-12(7-13)10-20)19-15-9-17(22-3)16(21-2)8-14(15)18/h4-9,11,19-20H,10H2,1-3H3. The SMILES string of the molecule is COc1cc(F)c(NC(C)c2cccc(CO)c2)cc1OC. The van der Waals surface area contributed by atoms with E-state index >= 15 is 0 Å². The van der Waals surface area contributed by atoms with Gasteiger partial charge in [0.05, 0.1) is 26.5 Å². The molecule has 0 radical (unpaired) electrons. The molecule has 0 spiro atoms. The summed E-state index contributed by atoms with van der Waals surface area (Å²) >= 11 is 0. The number of anilines is 1. The molecule has 2 aromatic rings. The van der Waals surface area contributed by atoms with Crippen LogP contribution in [0.2, 0.25) is 0 Å². The van der Waals surface area contributed by atoms with Gasteiger partial charge in [0.2, 0.25) is 0 Å². The van der Waals surface area contributed by atoms with Crippen molar-refractivity contribution in [1.82, 2.24) is 0 Å². The summed E-state index contributed by atoms with van der Waals surface area (Å²) in [5.41, 5.74) is 2.11. The van der Waals surface area contributed by atoms with E-state index < -0.39 is 5.82 Å². The molecule has 0 aliphatic rings. The summed E-state index contributed by atoms with van der Waals surface area (Å²) in [6.45, 7) is 1.90. The summed E-state index contributed by atoms with van der Waals surface area (Å²) in [5, 5.41) is 12.3. The minimum Gasteiger partial charge on any atom is -0.493 e. The highest BCUT2D eigenvalue weighted by atomic mass is 19.1. The molecule has 0 aliphatic carbocycles. The molecular formula is C17H20FNO3. The minimum atomic E-state index is -0.414. The van der Waals surface area contributed by atoms with Crippen molar-refractivity contribution in [2.24, 2.45) is 0 Å². The number of rotatable bonds is 6. The van der Waals surface area contributed by atoms with Gasteiger partial charge in [-0.1, -0.05) is 24.3 Å². The number of aliphatic hydroxyl groups is 1. The lowest BCUT2D eigenvalue weighted by Gasteiger charge is -2.18. The highest BCUT2D eigenvalue weighted by Crippen LogP contribution is 2.34.